The maximum atomic E-state index is 5.98. The van der Waals surface area contributed by atoms with E-state index in [1.165, 1.54) is 16.8 Å². The number of rotatable bonds is 4. The number of aromatic nitrogens is 1. The number of aryl methyl sites for hydroxylation is 2. The molecule has 3 aromatic rings. The standard InChI is InChI=1S/C23H26ClN3O/c1-16-5-4-6-22(17(16)2)27-13-11-26(12-14-27)15-21-18(3)28-23(25-21)19-7-9-20(24)10-8-19/h4-10H,11-15H2,1-3H3. The minimum atomic E-state index is 0.665. The molecule has 5 heteroatoms. The number of hydrogen-bond acceptors (Lipinski definition) is 4. The van der Waals surface area contributed by atoms with Gasteiger partial charge in [0.1, 0.15) is 5.76 Å². The molecule has 0 bridgehead atoms. The molecule has 1 aromatic heterocycles. The molecule has 0 aliphatic carbocycles. The molecule has 0 spiro atoms. The van der Waals surface area contributed by atoms with Crippen LogP contribution in [0.25, 0.3) is 11.5 Å². The van der Waals surface area contributed by atoms with Gasteiger partial charge in [0.15, 0.2) is 0 Å². The molecule has 0 saturated carbocycles. The first kappa shape index (κ1) is 19.0. The molecule has 0 N–H and O–H groups in total. The second-order valence-electron chi connectivity index (χ2n) is 7.51. The molecule has 2 aromatic carbocycles. The third-order valence-electron chi connectivity index (χ3n) is 5.65. The van der Waals surface area contributed by atoms with Gasteiger partial charge in [0, 0.05) is 49.0 Å². The van der Waals surface area contributed by atoms with Crippen LogP contribution in [0.1, 0.15) is 22.6 Å². The topological polar surface area (TPSA) is 32.5 Å². The van der Waals surface area contributed by atoms with E-state index in [0.717, 1.165) is 49.7 Å². The maximum absolute atomic E-state index is 5.98. The van der Waals surface area contributed by atoms with E-state index in [9.17, 15) is 0 Å². The average Bonchev–Trinajstić information content (AvgIpc) is 3.06. The second kappa shape index (κ2) is 7.98. The minimum absolute atomic E-state index is 0.665. The zero-order valence-electron chi connectivity index (χ0n) is 16.7. The highest BCUT2D eigenvalue weighted by Gasteiger charge is 2.21. The number of halogens is 1. The van der Waals surface area contributed by atoms with E-state index in [1.54, 1.807) is 0 Å². The van der Waals surface area contributed by atoms with Crippen LogP contribution >= 0.6 is 11.6 Å². The second-order valence-corrected chi connectivity index (χ2v) is 7.95. The van der Waals surface area contributed by atoms with Crippen LogP contribution in [0, 0.1) is 20.8 Å². The summed E-state index contributed by atoms with van der Waals surface area (Å²) in [6, 6.07) is 14.2. The molecule has 1 aliphatic heterocycles. The van der Waals surface area contributed by atoms with Crippen molar-refractivity contribution in [3.63, 3.8) is 0 Å². The Morgan fingerprint density at radius 3 is 2.39 bits per heavy atom. The molecule has 4 rings (SSSR count). The van der Waals surface area contributed by atoms with Crippen LogP contribution in [-0.4, -0.2) is 36.1 Å². The molecule has 1 aliphatic rings. The van der Waals surface area contributed by atoms with Crippen LogP contribution in [-0.2, 0) is 6.54 Å². The summed E-state index contributed by atoms with van der Waals surface area (Å²) in [7, 11) is 0. The van der Waals surface area contributed by atoms with Crippen molar-refractivity contribution >= 4 is 17.3 Å². The maximum Gasteiger partial charge on any atom is 0.226 e. The van der Waals surface area contributed by atoms with E-state index in [1.807, 2.05) is 31.2 Å². The largest absolute Gasteiger partial charge is 0.441 e. The van der Waals surface area contributed by atoms with Crippen molar-refractivity contribution in [3.05, 3.63) is 70.1 Å². The SMILES string of the molecule is Cc1cccc(N2CCN(Cc3nc(-c4ccc(Cl)cc4)oc3C)CC2)c1C. The lowest BCUT2D eigenvalue weighted by Gasteiger charge is -2.36. The zero-order chi connectivity index (χ0) is 19.7. The van der Waals surface area contributed by atoms with Gasteiger partial charge in [-0.1, -0.05) is 23.7 Å². The normalized spacial score (nSPS) is 15.2. The summed E-state index contributed by atoms with van der Waals surface area (Å²) in [5.74, 6) is 1.56. The third kappa shape index (κ3) is 3.94. The van der Waals surface area contributed by atoms with Gasteiger partial charge in [0.25, 0.3) is 0 Å². The van der Waals surface area contributed by atoms with Crippen molar-refractivity contribution in [3.8, 4) is 11.5 Å². The summed E-state index contributed by atoms with van der Waals surface area (Å²) in [6.45, 7) is 11.3. The molecule has 0 atom stereocenters. The summed E-state index contributed by atoms with van der Waals surface area (Å²) in [4.78, 5) is 9.69. The van der Waals surface area contributed by atoms with Crippen LogP contribution < -0.4 is 4.90 Å². The molecule has 0 amide bonds. The molecule has 1 saturated heterocycles. The molecule has 1 fully saturated rings. The molecule has 146 valence electrons. The zero-order valence-corrected chi connectivity index (χ0v) is 17.5. The molecule has 0 radical (unpaired) electrons. The van der Waals surface area contributed by atoms with Crippen molar-refractivity contribution in [1.29, 1.82) is 0 Å². The van der Waals surface area contributed by atoms with Gasteiger partial charge in [-0.3, -0.25) is 4.90 Å². The lowest BCUT2D eigenvalue weighted by atomic mass is 10.1. The van der Waals surface area contributed by atoms with Gasteiger partial charge in [-0.2, -0.15) is 0 Å². The van der Waals surface area contributed by atoms with Crippen molar-refractivity contribution < 1.29 is 4.42 Å². The van der Waals surface area contributed by atoms with Crippen LogP contribution in [0.15, 0.2) is 46.9 Å². The number of anilines is 1. The Morgan fingerprint density at radius 2 is 1.68 bits per heavy atom. The number of oxazole rings is 1. The molecular weight excluding hydrogens is 370 g/mol. The van der Waals surface area contributed by atoms with Gasteiger partial charge >= 0.3 is 0 Å². The Hall–Kier alpha value is -2.30. The summed E-state index contributed by atoms with van der Waals surface area (Å²) < 4.78 is 5.91. The van der Waals surface area contributed by atoms with Gasteiger partial charge in [0.2, 0.25) is 5.89 Å². The highest BCUT2D eigenvalue weighted by atomic mass is 35.5. The summed E-state index contributed by atoms with van der Waals surface area (Å²) in [5.41, 5.74) is 6.08. The minimum Gasteiger partial charge on any atom is -0.441 e. The highest BCUT2D eigenvalue weighted by Crippen LogP contribution is 2.26. The third-order valence-corrected chi connectivity index (χ3v) is 5.90. The van der Waals surface area contributed by atoms with Crippen LogP contribution in [0.4, 0.5) is 5.69 Å². The Morgan fingerprint density at radius 1 is 0.964 bits per heavy atom. The Bertz CT molecular complexity index is 956. The van der Waals surface area contributed by atoms with Crippen molar-refractivity contribution in [2.45, 2.75) is 27.3 Å². The quantitative estimate of drug-likeness (QED) is 0.604. The van der Waals surface area contributed by atoms with Gasteiger partial charge in [-0.15, -0.1) is 0 Å². The summed E-state index contributed by atoms with van der Waals surface area (Å²) in [5, 5.41) is 0.717. The average molecular weight is 396 g/mol. The van der Waals surface area contributed by atoms with E-state index < -0.39 is 0 Å². The fourth-order valence-corrected chi connectivity index (χ4v) is 3.85. The highest BCUT2D eigenvalue weighted by molar-refractivity contribution is 6.30. The van der Waals surface area contributed by atoms with E-state index in [4.69, 9.17) is 21.0 Å². The van der Waals surface area contributed by atoms with Gasteiger partial charge < -0.3 is 9.32 Å². The molecular formula is C23H26ClN3O. The van der Waals surface area contributed by atoms with Crippen molar-refractivity contribution in [2.24, 2.45) is 0 Å². The predicted molar refractivity (Wildman–Crippen MR) is 115 cm³/mol. The predicted octanol–water partition coefficient (Wildman–Crippen LogP) is 5.24. The van der Waals surface area contributed by atoms with Crippen LogP contribution in [0.3, 0.4) is 0 Å². The fourth-order valence-electron chi connectivity index (χ4n) is 3.73. The fraction of sp³-hybridized carbons (Fsp3) is 0.348. The summed E-state index contributed by atoms with van der Waals surface area (Å²) in [6.07, 6.45) is 0. The van der Waals surface area contributed by atoms with E-state index >= 15 is 0 Å². The van der Waals surface area contributed by atoms with Gasteiger partial charge in [-0.05, 0) is 62.2 Å². The number of nitrogens with zero attached hydrogens (tertiary/aromatic N) is 3. The molecule has 28 heavy (non-hydrogen) atoms. The lowest BCUT2D eigenvalue weighted by molar-refractivity contribution is 0.246. The number of hydrogen-bond donors (Lipinski definition) is 0. The van der Waals surface area contributed by atoms with Crippen molar-refractivity contribution in [1.82, 2.24) is 9.88 Å². The Balaban J connectivity index is 1.41. The summed E-state index contributed by atoms with van der Waals surface area (Å²) >= 11 is 5.98. The first-order valence-corrected chi connectivity index (χ1v) is 10.1. The number of benzene rings is 2. The van der Waals surface area contributed by atoms with Crippen LogP contribution in [0.2, 0.25) is 5.02 Å². The molecule has 0 unspecified atom stereocenters. The van der Waals surface area contributed by atoms with E-state index in [2.05, 4.69) is 41.8 Å². The van der Waals surface area contributed by atoms with E-state index in [-0.39, 0.29) is 0 Å². The van der Waals surface area contributed by atoms with E-state index in [0.29, 0.717) is 10.9 Å². The van der Waals surface area contributed by atoms with Gasteiger partial charge in [0.05, 0.1) is 5.69 Å². The first-order valence-electron chi connectivity index (χ1n) is 9.77. The smallest absolute Gasteiger partial charge is 0.226 e. The Kier molecular flexibility index (Phi) is 5.42. The van der Waals surface area contributed by atoms with Crippen molar-refractivity contribution in [2.75, 3.05) is 31.1 Å². The first-order chi connectivity index (χ1) is 13.5. The molecule has 2 heterocycles. The van der Waals surface area contributed by atoms with Gasteiger partial charge in [-0.25, -0.2) is 4.98 Å². The van der Waals surface area contributed by atoms with Crippen LogP contribution in [0.5, 0.6) is 0 Å². The monoisotopic (exact) mass is 395 g/mol. The molecule has 4 nitrogen and oxygen atoms in total. The number of piperazine rings is 1. The Labute approximate surface area is 171 Å². The lowest BCUT2D eigenvalue weighted by Crippen LogP contribution is -2.46.